The molecule has 0 aliphatic rings. The maximum atomic E-state index is 4.71. The molecular weight excluding hydrogens is 765 g/mol. The third-order valence-electron chi connectivity index (χ3n) is 14.4. The maximum Gasteiger partial charge on any atom is 0.232 e. The summed E-state index contributed by atoms with van der Waals surface area (Å²) in [7, 11) is 0. The molecule has 0 saturated carbocycles. The molecule has 10 nitrogen and oxygen atoms in total. The number of benzene rings is 4. The maximum absolute atomic E-state index is 4.71. The normalized spacial score (nSPS) is 11.1. The van der Waals surface area contributed by atoms with E-state index in [1.807, 2.05) is 13.8 Å². The van der Waals surface area contributed by atoms with Gasteiger partial charge in [0.25, 0.3) is 0 Å². The fraction of sp³-hybridized carbons (Fsp3) is 0.423. The lowest BCUT2D eigenvalue weighted by Crippen LogP contribution is -2.10. The van der Waals surface area contributed by atoms with Gasteiger partial charge in [0.05, 0.1) is 0 Å². The Balaban J connectivity index is 0.000000234. The molecular formula is C52H70N10. The second-order valence-corrected chi connectivity index (χ2v) is 17.6. The summed E-state index contributed by atoms with van der Waals surface area (Å²) >= 11 is 0. The van der Waals surface area contributed by atoms with Crippen LogP contribution in [0.5, 0.6) is 0 Å². The van der Waals surface area contributed by atoms with Crippen LogP contribution in [-0.4, -0.2) is 29.9 Å². The summed E-state index contributed by atoms with van der Waals surface area (Å²) in [4.78, 5) is 27.6. The van der Waals surface area contributed by atoms with Crippen molar-refractivity contribution in [3.8, 4) is 0 Å². The van der Waals surface area contributed by atoms with E-state index in [2.05, 4.69) is 180 Å². The lowest BCUT2D eigenvalue weighted by Gasteiger charge is -2.20. The lowest BCUT2D eigenvalue weighted by molar-refractivity contribution is 0.984. The van der Waals surface area contributed by atoms with E-state index in [4.69, 9.17) is 9.97 Å². The molecule has 0 aliphatic carbocycles. The molecule has 10 heteroatoms. The van der Waals surface area contributed by atoms with Gasteiger partial charge in [0.2, 0.25) is 23.8 Å². The van der Waals surface area contributed by atoms with Gasteiger partial charge in [-0.1, -0.05) is 0 Å². The Bertz CT molecular complexity index is 2280. The molecule has 0 aliphatic heterocycles. The van der Waals surface area contributed by atoms with Crippen molar-refractivity contribution in [1.82, 2.24) is 29.9 Å². The molecule has 0 fully saturated rings. The van der Waals surface area contributed by atoms with Crippen LogP contribution in [0.2, 0.25) is 0 Å². The van der Waals surface area contributed by atoms with Crippen LogP contribution in [0.15, 0.2) is 0 Å². The van der Waals surface area contributed by atoms with E-state index in [9.17, 15) is 0 Å². The van der Waals surface area contributed by atoms with Gasteiger partial charge in [0.1, 0.15) is 11.6 Å². The first-order valence-corrected chi connectivity index (χ1v) is 21.7. The van der Waals surface area contributed by atoms with Crippen LogP contribution >= 0.6 is 0 Å². The van der Waals surface area contributed by atoms with Crippen molar-refractivity contribution in [3.63, 3.8) is 0 Å². The summed E-state index contributed by atoms with van der Waals surface area (Å²) in [5, 5.41) is 13.9. The minimum Gasteiger partial charge on any atom is -0.324 e. The van der Waals surface area contributed by atoms with Gasteiger partial charge in [-0.2, -0.15) is 29.9 Å². The summed E-state index contributed by atoms with van der Waals surface area (Å²) in [5.41, 5.74) is 29.9. The standard InChI is InChI=1S/2C26H35N5/c2*1-12-14(3)18(7)23(19(8)15(12)4)29-25-27-22(11)28-26(31-25)30-24-20(9)16(5)13(2)17(6)21(24)10/h2*1-11H3,(H2,27,28,29,30,31). The van der Waals surface area contributed by atoms with Crippen molar-refractivity contribution in [2.45, 2.75) is 152 Å². The van der Waals surface area contributed by atoms with E-state index in [1.54, 1.807) is 0 Å². The highest BCUT2D eigenvalue weighted by Gasteiger charge is 2.19. The molecule has 2 heterocycles. The first-order chi connectivity index (χ1) is 28.9. The van der Waals surface area contributed by atoms with Crippen LogP contribution < -0.4 is 21.3 Å². The molecule has 6 aromatic rings. The molecule has 0 unspecified atom stereocenters. The van der Waals surface area contributed by atoms with Gasteiger partial charge in [-0.15, -0.1) is 0 Å². The van der Waals surface area contributed by atoms with Crippen LogP contribution in [0.3, 0.4) is 0 Å². The topological polar surface area (TPSA) is 125 Å². The van der Waals surface area contributed by atoms with E-state index in [-0.39, 0.29) is 0 Å². The smallest absolute Gasteiger partial charge is 0.232 e. The number of nitrogens with one attached hydrogen (secondary N) is 4. The van der Waals surface area contributed by atoms with Gasteiger partial charge in [0, 0.05) is 22.7 Å². The molecule has 4 aromatic carbocycles. The predicted molar refractivity (Wildman–Crippen MR) is 263 cm³/mol. The van der Waals surface area contributed by atoms with E-state index >= 15 is 0 Å². The number of rotatable bonds is 8. The molecule has 0 radical (unpaired) electrons. The van der Waals surface area contributed by atoms with Crippen LogP contribution in [0, 0.1) is 152 Å². The predicted octanol–water partition coefficient (Wildman–Crippen LogP) is 13.5. The number of nitrogens with zero attached hydrogens (tertiary/aromatic N) is 6. The molecule has 62 heavy (non-hydrogen) atoms. The van der Waals surface area contributed by atoms with Crippen LogP contribution in [-0.2, 0) is 0 Å². The van der Waals surface area contributed by atoms with Crippen LogP contribution in [0.25, 0.3) is 0 Å². The van der Waals surface area contributed by atoms with Crippen molar-refractivity contribution < 1.29 is 0 Å². The third kappa shape index (κ3) is 9.01. The first-order valence-electron chi connectivity index (χ1n) is 21.7. The Kier molecular flexibility index (Phi) is 13.9. The zero-order valence-electron chi connectivity index (χ0n) is 41.7. The first kappa shape index (κ1) is 47.2. The van der Waals surface area contributed by atoms with Gasteiger partial charge in [-0.05, 0) is 264 Å². The average Bonchev–Trinajstić information content (AvgIpc) is 3.24. The summed E-state index contributed by atoms with van der Waals surface area (Å²) in [5.74, 6) is 3.57. The van der Waals surface area contributed by atoms with Gasteiger partial charge >= 0.3 is 0 Å². The van der Waals surface area contributed by atoms with Crippen molar-refractivity contribution in [2.75, 3.05) is 21.3 Å². The van der Waals surface area contributed by atoms with E-state index in [0.29, 0.717) is 35.4 Å². The number of hydrogen-bond acceptors (Lipinski definition) is 10. The molecule has 0 atom stereocenters. The highest BCUT2D eigenvalue weighted by molar-refractivity contribution is 5.73. The molecule has 0 amide bonds. The van der Waals surface area contributed by atoms with E-state index in [0.717, 1.165) is 22.7 Å². The largest absolute Gasteiger partial charge is 0.324 e. The minimum atomic E-state index is 0.555. The monoisotopic (exact) mass is 835 g/mol. The van der Waals surface area contributed by atoms with E-state index < -0.39 is 0 Å². The number of anilines is 8. The Morgan fingerprint density at radius 3 is 0.452 bits per heavy atom. The van der Waals surface area contributed by atoms with Gasteiger partial charge in [-0.3, -0.25) is 0 Å². The summed E-state index contributed by atoms with van der Waals surface area (Å²) < 4.78 is 0. The van der Waals surface area contributed by atoms with Gasteiger partial charge in [-0.25, -0.2) is 0 Å². The SMILES string of the molecule is Cc1nc(Nc2c(C)c(C)c(C)c(C)c2C)nc(Nc2c(C)c(C)c(C)c(C)c2C)n1.Cc1nc(Nc2c(C)c(C)c(C)c(C)c2C)nc(Nc2c(C)c(C)c(C)c(C)c2C)n1. The van der Waals surface area contributed by atoms with Gasteiger partial charge < -0.3 is 21.3 Å². The fourth-order valence-electron chi connectivity index (χ4n) is 8.38. The Morgan fingerprint density at radius 2 is 0.306 bits per heavy atom. The third-order valence-corrected chi connectivity index (χ3v) is 14.4. The summed E-state index contributed by atoms with van der Waals surface area (Å²) in [6.07, 6.45) is 0. The zero-order chi connectivity index (χ0) is 46.4. The molecule has 6 rings (SSSR count). The molecule has 0 spiro atoms. The van der Waals surface area contributed by atoms with Crippen molar-refractivity contribution in [2.24, 2.45) is 0 Å². The summed E-state index contributed by atoms with van der Waals surface area (Å²) in [6.45, 7) is 47.0. The molecule has 328 valence electrons. The molecule has 4 N–H and O–H groups in total. The van der Waals surface area contributed by atoms with Crippen molar-refractivity contribution >= 4 is 46.5 Å². The van der Waals surface area contributed by atoms with Crippen LogP contribution in [0.1, 0.15) is 123 Å². The van der Waals surface area contributed by atoms with Gasteiger partial charge in [0.15, 0.2) is 0 Å². The quantitative estimate of drug-likeness (QED) is 0.118. The van der Waals surface area contributed by atoms with Crippen molar-refractivity contribution in [1.29, 1.82) is 0 Å². The molecule has 0 bridgehead atoms. The highest BCUT2D eigenvalue weighted by atomic mass is 15.2. The number of hydrogen-bond donors (Lipinski definition) is 4. The Morgan fingerprint density at radius 1 is 0.177 bits per heavy atom. The minimum absolute atomic E-state index is 0.555. The second kappa shape index (κ2) is 18.2. The van der Waals surface area contributed by atoms with E-state index in [1.165, 1.54) is 111 Å². The summed E-state index contributed by atoms with van der Waals surface area (Å²) in [6, 6.07) is 0. The zero-order valence-corrected chi connectivity index (χ0v) is 41.7. The highest BCUT2D eigenvalue weighted by Crippen LogP contribution is 2.36. The molecule has 0 saturated heterocycles. The Hall–Kier alpha value is -5.90. The van der Waals surface area contributed by atoms with Crippen molar-refractivity contribution in [3.05, 3.63) is 123 Å². The fourth-order valence-corrected chi connectivity index (χ4v) is 8.38. The second-order valence-electron chi connectivity index (χ2n) is 17.6. The molecule has 2 aromatic heterocycles. The Labute approximate surface area is 371 Å². The average molecular weight is 835 g/mol. The number of aryl methyl sites for hydroxylation is 2. The van der Waals surface area contributed by atoms with Crippen LogP contribution in [0.4, 0.5) is 46.5 Å². The lowest BCUT2D eigenvalue weighted by atomic mass is 9.93. The number of aromatic nitrogens is 6.